The van der Waals surface area contributed by atoms with Crippen LogP contribution >= 0.6 is 22.7 Å². The van der Waals surface area contributed by atoms with Gasteiger partial charge in [0.2, 0.25) is 5.69 Å². The molecule has 0 saturated carbocycles. The molecule has 0 fully saturated rings. The lowest BCUT2D eigenvalue weighted by Crippen LogP contribution is -3.00. The average molecular weight is 453 g/mol. The topological polar surface area (TPSA) is 3.01 Å². The lowest BCUT2D eigenvalue weighted by molar-refractivity contribution is -0.137. The van der Waals surface area contributed by atoms with E-state index in [1.54, 1.807) is 6.07 Å². The van der Waals surface area contributed by atoms with E-state index >= 15 is 0 Å². The van der Waals surface area contributed by atoms with E-state index in [0.717, 1.165) is 20.4 Å². The van der Waals surface area contributed by atoms with Gasteiger partial charge in [0.25, 0.3) is 0 Å². The van der Waals surface area contributed by atoms with Crippen LogP contribution in [0.1, 0.15) is 5.56 Å². The van der Waals surface area contributed by atoms with Crippen LogP contribution < -0.4 is 32.5 Å². The zero-order valence-electron chi connectivity index (χ0n) is 11.4. The first-order chi connectivity index (χ1) is 9.95. The molecule has 0 saturated heterocycles. The Morgan fingerprint density at radius 3 is 2.18 bits per heavy atom. The van der Waals surface area contributed by atoms with Crippen LogP contribution in [-0.2, 0) is 6.18 Å². The van der Waals surface area contributed by atoms with Crippen LogP contribution in [0.5, 0.6) is 0 Å². The Bertz CT molecular complexity index is 850. The molecule has 0 unspecified atom stereocenters. The first-order valence-electron chi connectivity index (χ1n) is 6.18. The summed E-state index contributed by atoms with van der Waals surface area (Å²) >= 11 is 2.87. The summed E-state index contributed by atoms with van der Waals surface area (Å²) in [7, 11) is 1.92. The van der Waals surface area contributed by atoms with Gasteiger partial charge in [-0.2, -0.15) is 17.7 Å². The van der Waals surface area contributed by atoms with Crippen molar-refractivity contribution in [3.05, 3.63) is 58.1 Å². The number of benzene rings is 2. The lowest BCUT2D eigenvalue weighted by Gasteiger charge is -2.04. The molecule has 1 nitrogen and oxygen atoms in total. The van der Waals surface area contributed by atoms with E-state index in [0.29, 0.717) is 4.70 Å². The van der Waals surface area contributed by atoms with Crippen molar-refractivity contribution >= 4 is 37.8 Å². The van der Waals surface area contributed by atoms with Crippen molar-refractivity contribution in [2.45, 2.75) is 6.18 Å². The van der Waals surface area contributed by atoms with Gasteiger partial charge in [0.15, 0.2) is 0 Å². The molecule has 2 aromatic carbocycles. The normalized spacial score (nSPS) is 12.9. The van der Waals surface area contributed by atoms with Gasteiger partial charge in [-0.3, -0.25) is 0 Å². The van der Waals surface area contributed by atoms with E-state index < -0.39 is 11.7 Å². The third-order valence-electron chi connectivity index (χ3n) is 3.08. The molecule has 0 aliphatic carbocycles. The number of fused-ring (bicyclic) bond motifs is 1. The Balaban J connectivity index is 0.00000176. The fourth-order valence-electron chi connectivity index (χ4n) is 1.95. The van der Waals surface area contributed by atoms with Gasteiger partial charge in [-0.05, 0) is 18.2 Å². The number of alkyl halides is 3. The summed E-state index contributed by atoms with van der Waals surface area (Å²) in [4.78, 5) is 0. The second kappa shape index (κ2) is 6.67. The third kappa shape index (κ3) is 3.52. The molecular weight excluding hydrogens is 442 g/mol. The van der Waals surface area contributed by atoms with Crippen molar-refractivity contribution in [3.8, 4) is 0 Å². The summed E-state index contributed by atoms with van der Waals surface area (Å²) in [6, 6.07) is 13.6. The lowest BCUT2D eigenvalue weighted by atomic mass is 10.2. The number of hydrogen-bond donors (Lipinski definition) is 0. The molecule has 116 valence electrons. The predicted octanol–water partition coefficient (Wildman–Crippen LogP) is 1.72. The fourth-order valence-corrected chi connectivity index (χ4v) is 4.42. The molecule has 0 radical (unpaired) electrons. The highest BCUT2D eigenvalue weighted by Crippen LogP contribution is 2.33. The summed E-state index contributed by atoms with van der Waals surface area (Å²) in [6.45, 7) is 0. The van der Waals surface area contributed by atoms with Crippen molar-refractivity contribution in [3.63, 3.8) is 0 Å². The highest BCUT2D eigenvalue weighted by molar-refractivity contribution is 7.35. The second-order valence-electron chi connectivity index (χ2n) is 4.52. The van der Waals surface area contributed by atoms with Gasteiger partial charge in [0.1, 0.15) is 7.05 Å². The Morgan fingerprint density at radius 1 is 0.909 bits per heavy atom. The summed E-state index contributed by atoms with van der Waals surface area (Å²) in [5, 5.41) is 0. The van der Waals surface area contributed by atoms with Crippen molar-refractivity contribution < 1.29 is 37.1 Å². The number of para-hydroxylation sites is 1. The minimum atomic E-state index is -4.30. The molecule has 1 heterocycles. The van der Waals surface area contributed by atoms with Gasteiger partial charge in [-0.25, -0.2) is 0 Å². The Labute approximate surface area is 150 Å². The van der Waals surface area contributed by atoms with Gasteiger partial charge in [-0.1, -0.05) is 40.9 Å². The monoisotopic (exact) mass is 453 g/mol. The maximum Gasteiger partial charge on any atom is 0.416 e. The number of nitrogens with zero attached hydrogens (tertiary/aromatic N) is 1. The van der Waals surface area contributed by atoms with Gasteiger partial charge >= 0.3 is 10.2 Å². The molecule has 0 atom stereocenters. The Hall–Kier alpha value is -0.930. The fraction of sp³-hybridized carbons (Fsp3) is 0.133. The molecule has 3 aromatic rings. The number of rotatable bonds is 1. The van der Waals surface area contributed by atoms with Crippen LogP contribution in [0.3, 0.4) is 0 Å². The molecule has 0 aliphatic heterocycles. The highest BCUT2D eigenvalue weighted by atomic mass is 127. The van der Waals surface area contributed by atoms with E-state index in [4.69, 9.17) is 0 Å². The van der Waals surface area contributed by atoms with Crippen LogP contribution in [0, 0.1) is 0 Å². The summed E-state index contributed by atoms with van der Waals surface area (Å²) in [5.41, 5.74) is 0.411. The Kier molecular flexibility index (Phi) is 5.29. The highest BCUT2D eigenvalue weighted by Gasteiger charge is 2.30. The number of halogens is 4. The van der Waals surface area contributed by atoms with Gasteiger partial charge in [0, 0.05) is 12.1 Å². The van der Waals surface area contributed by atoms with Crippen molar-refractivity contribution in [2.75, 3.05) is 7.05 Å². The van der Waals surface area contributed by atoms with Crippen LogP contribution in [0.2, 0.25) is 0 Å². The largest absolute Gasteiger partial charge is 1.00 e. The van der Waals surface area contributed by atoms with Gasteiger partial charge in [0.05, 0.1) is 15.0 Å². The van der Waals surface area contributed by atoms with Crippen LogP contribution in [0.15, 0.2) is 48.5 Å². The standard InChI is InChI=1S/C15H11F3NS2.HI/c1-19(11-5-3-2-4-6-11)14-20-12-8-7-10(15(16,17)18)9-13(12)21-14;/h2-9H,1H3;1H/q+1;/p-1. The molecule has 1 aromatic heterocycles. The van der Waals surface area contributed by atoms with Crippen molar-refractivity contribution in [2.24, 2.45) is 0 Å². The maximum absolute atomic E-state index is 12.7. The first-order valence-corrected chi connectivity index (χ1v) is 7.81. The van der Waals surface area contributed by atoms with Crippen LogP contribution in [0.25, 0.3) is 9.40 Å². The first kappa shape index (κ1) is 17.4. The summed E-state index contributed by atoms with van der Waals surface area (Å²) in [6.07, 6.45) is -4.30. The quantitative estimate of drug-likeness (QED) is 0.390. The summed E-state index contributed by atoms with van der Waals surface area (Å²) in [5.74, 6) is 0. The Morgan fingerprint density at radius 2 is 1.55 bits per heavy atom. The average Bonchev–Trinajstić information content (AvgIpc) is 2.89. The van der Waals surface area contributed by atoms with E-state index in [-0.39, 0.29) is 24.0 Å². The van der Waals surface area contributed by atoms with Gasteiger partial charge < -0.3 is 24.0 Å². The molecule has 3 rings (SSSR count). The molecule has 0 N–H and O–H groups in total. The second-order valence-corrected chi connectivity index (χ2v) is 6.84. The SMILES string of the molecule is C[N+](c1ccccc1)=c1sc2ccc(C(F)(F)F)cc2s1.[I-]. The molecule has 0 aliphatic rings. The van der Waals surface area contributed by atoms with Gasteiger partial charge in [-0.15, -0.1) is 0 Å². The smallest absolute Gasteiger partial charge is 0.416 e. The predicted molar refractivity (Wildman–Crippen MR) is 82.0 cm³/mol. The number of hydrogen-bond acceptors (Lipinski definition) is 2. The zero-order valence-corrected chi connectivity index (χ0v) is 15.2. The molecule has 0 spiro atoms. The molecule has 7 heteroatoms. The van der Waals surface area contributed by atoms with Crippen LogP contribution in [0.4, 0.5) is 18.9 Å². The van der Waals surface area contributed by atoms with Crippen molar-refractivity contribution in [1.82, 2.24) is 4.58 Å². The van der Waals surface area contributed by atoms with E-state index in [1.807, 2.05) is 42.0 Å². The maximum atomic E-state index is 12.7. The summed E-state index contributed by atoms with van der Waals surface area (Å²) < 4.78 is 42.7. The molecular formula is C15H11F3INS2. The van der Waals surface area contributed by atoms with E-state index in [9.17, 15) is 13.2 Å². The van der Waals surface area contributed by atoms with E-state index in [1.165, 1.54) is 28.7 Å². The molecule has 0 amide bonds. The molecule has 22 heavy (non-hydrogen) atoms. The van der Waals surface area contributed by atoms with Crippen LogP contribution in [-0.4, -0.2) is 7.05 Å². The van der Waals surface area contributed by atoms with Crippen molar-refractivity contribution in [1.29, 1.82) is 0 Å². The minimum absolute atomic E-state index is 0. The van der Waals surface area contributed by atoms with E-state index in [2.05, 4.69) is 0 Å². The zero-order chi connectivity index (χ0) is 15.0. The third-order valence-corrected chi connectivity index (χ3v) is 5.74. The molecule has 0 bridgehead atoms. The minimum Gasteiger partial charge on any atom is -1.00 e.